The highest BCUT2D eigenvalue weighted by Gasteiger charge is 2.35. The summed E-state index contributed by atoms with van der Waals surface area (Å²) in [5.41, 5.74) is 6.21. The molecule has 6 amide bonds. The third kappa shape index (κ3) is 11.3. The first kappa shape index (κ1) is 47.1. The maximum Gasteiger partial charge on any atom is 0.339 e. The van der Waals surface area contributed by atoms with Crippen LogP contribution in [0, 0.1) is 0 Å². The molecule has 2 unspecified atom stereocenters. The number of carbonyl (C=O) groups is 7. The van der Waals surface area contributed by atoms with Crippen LogP contribution in [0.25, 0.3) is 6.08 Å². The number of ether oxygens (including phenoxy) is 3. The SMILES string of the molecule is COc1c(NC(=O)c2ccc(NC(=O)c3ccc(NC(=O)C(NC(=O)c4ccc(NC(=O)/C(C)=C/c5ccc(O)cc5)cc4)C(OC)C(N)=O)cc3)c(OC)c2O)ccc(C(=O)O)c1O. The molecule has 11 N–H and O–H groups in total. The highest BCUT2D eigenvalue weighted by molar-refractivity contribution is 6.11. The molecule has 0 bridgehead atoms. The quantitative estimate of drug-likeness (QED) is 0.0582. The number of aromatic carboxylic acids is 1. The number of carboxylic acids is 1. The number of primary amides is 1. The van der Waals surface area contributed by atoms with E-state index in [1.165, 1.54) is 86.0 Å². The van der Waals surface area contributed by atoms with E-state index in [2.05, 4.69) is 26.6 Å². The van der Waals surface area contributed by atoms with Crippen molar-refractivity contribution in [2.75, 3.05) is 42.6 Å². The molecule has 0 saturated carbocycles. The van der Waals surface area contributed by atoms with E-state index in [-0.39, 0.29) is 51.0 Å². The van der Waals surface area contributed by atoms with Crippen molar-refractivity contribution < 1.29 is 68.2 Å². The van der Waals surface area contributed by atoms with E-state index in [4.69, 9.17) is 19.9 Å². The number of amides is 6. The van der Waals surface area contributed by atoms with Crippen molar-refractivity contribution >= 4 is 70.2 Å². The number of anilines is 4. The van der Waals surface area contributed by atoms with Crippen LogP contribution in [0.3, 0.4) is 0 Å². The summed E-state index contributed by atoms with van der Waals surface area (Å²) >= 11 is 0. The minimum absolute atomic E-state index is 0.0470. The van der Waals surface area contributed by atoms with Gasteiger partial charge < -0.3 is 67.0 Å². The van der Waals surface area contributed by atoms with Crippen LogP contribution in [-0.4, -0.2) is 95.3 Å². The third-order valence-electron chi connectivity index (χ3n) is 9.50. The first-order chi connectivity index (χ1) is 30.9. The molecule has 0 aromatic heterocycles. The lowest BCUT2D eigenvalue weighted by Crippen LogP contribution is -2.56. The molecule has 20 heteroatoms. The van der Waals surface area contributed by atoms with Crippen molar-refractivity contribution in [3.05, 3.63) is 130 Å². The van der Waals surface area contributed by atoms with Gasteiger partial charge in [0.2, 0.25) is 11.8 Å². The van der Waals surface area contributed by atoms with E-state index >= 15 is 0 Å². The average Bonchev–Trinajstić information content (AvgIpc) is 3.27. The Balaban J connectivity index is 1.23. The Morgan fingerprint density at radius 3 is 1.60 bits per heavy atom. The van der Waals surface area contributed by atoms with Gasteiger partial charge in [-0.3, -0.25) is 28.8 Å². The van der Waals surface area contributed by atoms with Crippen molar-refractivity contribution in [1.29, 1.82) is 0 Å². The Morgan fingerprint density at radius 2 is 1.09 bits per heavy atom. The summed E-state index contributed by atoms with van der Waals surface area (Å²) in [5, 5.41) is 52.7. The van der Waals surface area contributed by atoms with E-state index in [1.54, 1.807) is 25.1 Å². The Bertz CT molecular complexity index is 2680. The predicted molar refractivity (Wildman–Crippen MR) is 235 cm³/mol. The molecule has 0 aliphatic heterocycles. The number of aromatic hydroxyl groups is 3. The van der Waals surface area contributed by atoms with Crippen LogP contribution in [0.4, 0.5) is 22.7 Å². The van der Waals surface area contributed by atoms with Gasteiger partial charge in [0.25, 0.3) is 23.6 Å². The normalized spacial score (nSPS) is 11.8. The molecular weight excluding hydrogens is 849 g/mol. The van der Waals surface area contributed by atoms with Gasteiger partial charge in [-0.15, -0.1) is 0 Å². The number of phenols is 3. The van der Waals surface area contributed by atoms with Gasteiger partial charge in [0, 0.05) is 35.2 Å². The van der Waals surface area contributed by atoms with E-state index in [0.717, 1.165) is 20.3 Å². The predicted octanol–water partition coefficient (Wildman–Crippen LogP) is 4.30. The smallest absolute Gasteiger partial charge is 0.339 e. The van der Waals surface area contributed by atoms with Gasteiger partial charge in [0.15, 0.2) is 29.1 Å². The van der Waals surface area contributed by atoms with Crippen LogP contribution in [0.5, 0.6) is 28.7 Å². The van der Waals surface area contributed by atoms with Crippen molar-refractivity contribution in [2.45, 2.75) is 19.1 Å². The maximum absolute atomic E-state index is 13.5. The second kappa shape index (κ2) is 20.8. The number of benzene rings is 5. The summed E-state index contributed by atoms with van der Waals surface area (Å²) in [6.45, 7) is 1.61. The van der Waals surface area contributed by atoms with Gasteiger partial charge in [-0.1, -0.05) is 12.1 Å². The standard InChI is InChI=1S/C45H42N6O14/c1-22(21-23-5-15-28(52)16-6-23)40(56)47-26-11-9-25(10-12-26)42(58)51-33(38(65-4)39(46)55)44(60)48-27-13-7-24(8-14-27)41(57)49-31-19-17-29(34(53)36(31)63-2)43(59)50-32-20-18-30(45(61)62)35(54)37(32)64-3/h5-21,33,38,52-54H,1-4H3,(H2,46,55)(H,47,56)(H,48,60)(H,49,57)(H,50,59)(H,51,58)(H,61,62)/b22-21+. The molecule has 2 atom stereocenters. The number of carbonyl (C=O) groups excluding carboxylic acids is 6. The zero-order valence-corrected chi connectivity index (χ0v) is 34.9. The zero-order valence-electron chi connectivity index (χ0n) is 34.9. The largest absolute Gasteiger partial charge is 0.508 e. The van der Waals surface area contributed by atoms with Crippen LogP contribution < -0.4 is 41.8 Å². The molecule has 336 valence electrons. The lowest BCUT2D eigenvalue weighted by Gasteiger charge is -2.24. The Hall–Kier alpha value is -8.91. The number of hydrogen-bond donors (Lipinski definition) is 10. The molecule has 0 saturated heterocycles. The molecule has 0 fully saturated rings. The first-order valence-electron chi connectivity index (χ1n) is 19.0. The summed E-state index contributed by atoms with van der Waals surface area (Å²) < 4.78 is 15.5. The van der Waals surface area contributed by atoms with Crippen molar-refractivity contribution in [2.24, 2.45) is 5.73 Å². The molecule has 5 aromatic rings. The third-order valence-corrected chi connectivity index (χ3v) is 9.50. The van der Waals surface area contributed by atoms with E-state index < -0.39 is 70.6 Å². The second-order valence-electron chi connectivity index (χ2n) is 13.8. The summed E-state index contributed by atoms with van der Waals surface area (Å²) in [7, 11) is 3.45. The van der Waals surface area contributed by atoms with Gasteiger partial charge in [0.1, 0.15) is 17.4 Å². The van der Waals surface area contributed by atoms with Gasteiger partial charge in [-0.05, 0) is 103 Å². The fourth-order valence-electron chi connectivity index (χ4n) is 6.16. The van der Waals surface area contributed by atoms with Crippen molar-refractivity contribution in [3.8, 4) is 28.7 Å². The lowest BCUT2D eigenvalue weighted by atomic mass is 10.1. The molecule has 0 aliphatic carbocycles. The fraction of sp³-hybridized carbons (Fsp3) is 0.133. The number of methoxy groups -OCH3 is 3. The first-order valence-corrected chi connectivity index (χ1v) is 19.0. The number of rotatable bonds is 17. The lowest BCUT2D eigenvalue weighted by molar-refractivity contribution is -0.134. The van der Waals surface area contributed by atoms with Gasteiger partial charge in [0.05, 0.1) is 31.2 Å². The Morgan fingerprint density at radius 1 is 0.600 bits per heavy atom. The topological polar surface area (TPSA) is 314 Å². The van der Waals surface area contributed by atoms with Crippen LogP contribution in [-0.2, 0) is 19.1 Å². The summed E-state index contributed by atoms with van der Waals surface area (Å²) in [6, 6.07) is 20.3. The summed E-state index contributed by atoms with van der Waals surface area (Å²) in [6.07, 6.45) is 0.0114. The molecule has 0 aliphatic rings. The Kier molecular flexibility index (Phi) is 15.1. The molecule has 20 nitrogen and oxygen atoms in total. The molecule has 0 radical (unpaired) electrons. The van der Waals surface area contributed by atoms with E-state index in [9.17, 15) is 54.0 Å². The Labute approximate surface area is 369 Å². The van der Waals surface area contributed by atoms with Crippen molar-refractivity contribution in [3.63, 3.8) is 0 Å². The summed E-state index contributed by atoms with van der Waals surface area (Å²) in [4.78, 5) is 89.7. The van der Waals surface area contributed by atoms with Crippen LogP contribution in [0.15, 0.2) is 103 Å². The molecule has 0 spiro atoms. The highest BCUT2D eigenvalue weighted by Crippen LogP contribution is 2.40. The average molecular weight is 891 g/mol. The number of nitrogens with one attached hydrogen (secondary N) is 5. The van der Waals surface area contributed by atoms with Crippen molar-refractivity contribution in [1.82, 2.24) is 5.32 Å². The second-order valence-corrected chi connectivity index (χ2v) is 13.8. The van der Waals surface area contributed by atoms with Gasteiger partial charge >= 0.3 is 5.97 Å². The number of hydrogen-bond acceptors (Lipinski definition) is 13. The summed E-state index contributed by atoms with van der Waals surface area (Å²) in [5.74, 6) is -8.18. The number of phenolic OH excluding ortho intramolecular Hbond substituents is 2. The van der Waals surface area contributed by atoms with E-state index in [0.29, 0.717) is 16.8 Å². The minimum Gasteiger partial charge on any atom is -0.508 e. The van der Waals surface area contributed by atoms with Gasteiger partial charge in [-0.2, -0.15) is 0 Å². The molecule has 0 heterocycles. The van der Waals surface area contributed by atoms with Crippen LogP contribution >= 0.6 is 0 Å². The zero-order chi connectivity index (χ0) is 47.5. The molecule has 5 aromatic carbocycles. The van der Waals surface area contributed by atoms with Crippen LogP contribution in [0.1, 0.15) is 53.9 Å². The molecular formula is C45H42N6O14. The maximum atomic E-state index is 13.5. The number of carboxylic acid groups (broad SMARTS) is 1. The highest BCUT2D eigenvalue weighted by atomic mass is 16.5. The monoisotopic (exact) mass is 890 g/mol. The van der Waals surface area contributed by atoms with Crippen LogP contribution in [0.2, 0.25) is 0 Å². The fourth-order valence-corrected chi connectivity index (χ4v) is 6.16. The molecule has 65 heavy (non-hydrogen) atoms. The molecule has 5 rings (SSSR count). The van der Waals surface area contributed by atoms with E-state index in [1.807, 2.05) is 0 Å². The number of nitrogens with two attached hydrogens (primary N) is 1. The van der Waals surface area contributed by atoms with Gasteiger partial charge in [-0.25, -0.2) is 4.79 Å². The minimum atomic E-state index is -1.64.